The lowest BCUT2D eigenvalue weighted by atomic mass is 10.1. The molecule has 3 nitrogen and oxygen atoms in total. The second kappa shape index (κ2) is 10.5. The molecule has 0 aliphatic carbocycles. The topological polar surface area (TPSA) is 41.5 Å². The molecule has 0 atom stereocenters. The minimum absolute atomic E-state index is 0.132. The number of carbonyl (C=O) groups is 1. The third-order valence-electron chi connectivity index (χ3n) is 3.53. The Morgan fingerprint density at radius 2 is 1.76 bits per heavy atom. The third-order valence-corrected chi connectivity index (χ3v) is 5.20. The van der Waals surface area contributed by atoms with Crippen molar-refractivity contribution in [1.82, 2.24) is 5.43 Å². The van der Waals surface area contributed by atoms with E-state index in [0.29, 0.717) is 21.6 Å². The Morgan fingerprint density at radius 1 is 1.08 bits per heavy atom. The number of amides is 1. The van der Waals surface area contributed by atoms with Gasteiger partial charge in [0.2, 0.25) is 5.91 Å². The summed E-state index contributed by atoms with van der Waals surface area (Å²) in [5.41, 5.74) is 5.61. The molecule has 0 unspecified atom stereocenters. The van der Waals surface area contributed by atoms with Crippen LogP contribution in [0.5, 0.6) is 0 Å². The van der Waals surface area contributed by atoms with Crippen molar-refractivity contribution in [3.63, 3.8) is 0 Å². The molecule has 0 aliphatic heterocycles. The number of hydrogen-bond acceptors (Lipinski definition) is 3. The number of nitrogens with one attached hydrogen (secondary N) is 1. The molecule has 0 aromatic heterocycles. The smallest absolute Gasteiger partial charge is 0.250 e. The van der Waals surface area contributed by atoms with E-state index in [0.717, 1.165) is 24.1 Å². The number of halogens is 2. The van der Waals surface area contributed by atoms with Gasteiger partial charge in [-0.2, -0.15) is 5.10 Å². The molecule has 0 saturated heterocycles. The summed E-state index contributed by atoms with van der Waals surface area (Å²) >= 11 is 13.7. The van der Waals surface area contributed by atoms with Gasteiger partial charge in [0, 0.05) is 21.5 Å². The molecule has 1 amide bonds. The Balaban J connectivity index is 1.71. The molecule has 2 rings (SSSR count). The van der Waals surface area contributed by atoms with Crippen molar-refractivity contribution < 1.29 is 4.79 Å². The number of hydrogen-bond donors (Lipinski definition) is 1. The van der Waals surface area contributed by atoms with E-state index in [-0.39, 0.29) is 5.91 Å². The average molecular weight is 395 g/mol. The van der Waals surface area contributed by atoms with Gasteiger partial charge in [-0.25, -0.2) is 5.43 Å². The van der Waals surface area contributed by atoms with E-state index < -0.39 is 0 Å². The van der Waals surface area contributed by atoms with E-state index in [1.807, 2.05) is 25.1 Å². The van der Waals surface area contributed by atoms with Gasteiger partial charge in [0.1, 0.15) is 0 Å². The number of thioether (sulfide) groups is 1. The number of aryl methyl sites for hydroxylation is 1. The summed E-state index contributed by atoms with van der Waals surface area (Å²) in [4.78, 5) is 11.9. The van der Waals surface area contributed by atoms with Crippen LogP contribution in [0.25, 0.3) is 0 Å². The summed E-state index contributed by atoms with van der Waals surface area (Å²) in [5.74, 6) is 0.756. The van der Waals surface area contributed by atoms with Crippen molar-refractivity contribution in [2.45, 2.75) is 25.5 Å². The Labute approximate surface area is 162 Å². The molecule has 0 spiro atoms. The van der Waals surface area contributed by atoms with E-state index in [4.69, 9.17) is 23.2 Å². The van der Waals surface area contributed by atoms with E-state index in [2.05, 4.69) is 22.7 Å². The fraction of sp³-hybridized carbons (Fsp3) is 0.263. The van der Waals surface area contributed by atoms with Crippen LogP contribution in [0.4, 0.5) is 0 Å². The van der Waals surface area contributed by atoms with Crippen molar-refractivity contribution in [2.24, 2.45) is 5.10 Å². The van der Waals surface area contributed by atoms with Crippen LogP contribution in [-0.2, 0) is 17.0 Å². The maximum absolute atomic E-state index is 11.9. The summed E-state index contributed by atoms with van der Waals surface area (Å²) in [6.07, 6.45) is 1.72. The van der Waals surface area contributed by atoms with Crippen LogP contribution in [0.15, 0.2) is 53.6 Å². The van der Waals surface area contributed by atoms with Crippen molar-refractivity contribution in [1.29, 1.82) is 0 Å². The molecule has 0 aliphatic rings. The first-order valence-electron chi connectivity index (χ1n) is 7.93. The number of nitrogens with zero attached hydrogens (tertiary/aromatic N) is 1. The Morgan fingerprint density at radius 3 is 2.44 bits per heavy atom. The van der Waals surface area contributed by atoms with Gasteiger partial charge in [-0.15, -0.1) is 11.8 Å². The van der Waals surface area contributed by atoms with Gasteiger partial charge in [0.15, 0.2) is 0 Å². The van der Waals surface area contributed by atoms with E-state index in [9.17, 15) is 4.79 Å². The van der Waals surface area contributed by atoms with Crippen LogP contribution >= 0.6 is 35.0 Å². The average Bonchev–Trinajstić information content (AvgIpc) is 2.61. The van der Waals surface area contributed by atoms with Crippen LogP contribution < -0.4 is 5.43 Å². The number of hydrazone groups is 1. The minimum Gasteiger partial charge on any atom is -0.272 e. The molecule has 2 aromatic rings. The van der Waals surface area contributed by atoms with E-state index >= 15 is 0 Å². The number of rotatable bonds is 8. The quantitative estimate of drug-likeness (QED) is 0.484. The van der Waals surface area contributed by atoms with E-state index in [1.54, 1.807) is 18.2 Å². The highest BCUT2D eigenvalue weighted by molar-refractivity contribution is 7.99. The SMILES string of the molecule is C/C(CCc1ccccc1)=N/NC(=O)CSCc1c(Cl)cccc1Cl. The van der Waals surface area contributed by atoms with Crippen LogP contribution in [0, 0.1) is 0 Å². The Kier molecular flexibility index (Phi) is 8.32. The maximum atomic E-state index is 11.9. The molecule has 0 saturated carbocycles. The monoisotopic (exact) mass is 394 g/mol. The largest absolute Gasteiger partial charge is 0.272 e. The molecule has 132 valence electrons. The number of benzene rings is 2. The summed E-state index contributed by atoms with van der Waals surface area (Å²) < 4.78 is 0. The zero-order valence-corrected chi connectivity index (χ0v) is 16.3. The molecule has 1 N–H and O–H groups in total. The summed E-state index contributed by atoms with van der Waals surface area (Å²) in [6, 6.07) is 15.6. The fourth-order valence-electron chi connectivity index (χ4n) is 2.13. The van der Waals surface area contributed by atoms with Crippen LogP contribution in [0.1, 0.15) is 24.5 Å². The van der Waals surface area contributed by atoms with Crippen molar-refractivity contribution in [3.05, 3.63) is 69.7 Å². The number of carbonyl (C=O) groups excluding carboxylic acids is 1. The van der Waals surface area contributed by atoms with Crippen LogP contribution in [0.3, 0.4) is 0 Å². The van der Waals surface area contributed by atoms with Crippen molar-refractivity contribution >= 4 is 46.6 Å². The first kappa shape index (κ1) is 19.8. The highest BCUT2D eigenvalue weighted by Gasteiger charge is 2.07. The lowest BCUT2D eigenvalue weighted by Gasteiger charge is -2.06. The van der Waals surface area contributed by atoms with Gasteiger partial charge < -0.3 is 0 Å². The van der Waals surface area contributed by atoms with Gasteiger partial charge >= 0.3 is 0 Å². The van der Waals surface area contributed by atoms with Gasteiger partial charge in [-0.05, 0) is 43.0 Å². The van der Waals surface area contributed by atoms with Crippen molar-refractivity contribution in [3.8, 4) is 0 Å². The van der Waals surface area contributed by atoms with Gasteiger partial charge in [-0.1, -0.05) is 59.6 Å². The third kappa shape index (κ3) is 7.10. The zero-order chi connectivity index (χ0) is 18.1. The highest BCUT2D eigenvalue weighted by atomic mass is 35.5. The molecular weight excluding hydrogens is 375 g/mol. The highest BCUT2D eigenvalue weighted by Crippen LogP contribution is 2.28. The maximum Gasteiger partial charge on any atom is 0.250 e. The zero-order valence-electron chi connectivity index (χ0n) is 14.0. The minimum atomic E-state index is -0.132. The molecule has 0 heterocycles. The Bertz CT molecular complexity index is 715. The van der Waals surface area contributed by atoms with Gasteiger partial charge in [0.25, 0.3) is 0 Å². The van der Waals surface area contributed by atoms with Crippen LogP contribution in [-0.4, -0.2) is 17.4 Å². The Hall–Kier alpha value is -1.49. The van der Waals surface area contributed by atoms with Crippen molar-refractivity contribution in [2.75, 3.05) is 5.75 Å². The summed E-state index contributed by atoms with van der Waals surface area (Å²) in [6.45, 7) is 1.92. The lowest BCUT2D eigenvalue weighted by Crippen LogP contribution is -2.21. The fourth-order valence-corrected chi connectivity index (χ4v) is 3.69. The van der Waals surface area contributed by atoms with Crippen LogP contribution in [0.2, 0.25) is 10.0 Å². The molecule has 0 fully saturated rings. The standard InChI is InChI=1S/C19H20Cl2N2OS/c1-14(10-11-15-6-3-2-4-7-15)22-23-19(24)13-25-12-16-17(20)8-5-9-18(16)21/h2-9H,10-13H2,1H3,(H,23,24)/b22-14-. The first-order chi connectivity index (χ1) is 12.1. The molecule has 6 heteroatoms. The second-order valence-corrected chi connectivity index (χ2v) is 7.36. The first-order valence-corrected chi connectivity index (χ1v) is 9.84. The molecule has 0 bridgehead atoms. The predicted molar refractivity (Wildman–Crippen MR) is 109 cm³/mol. The predicted octanol–water partition coefficient (Wildman–Crippen LogP) is 5.35. The lowest BCUT2D eigenvalue weighted by molar-refractivity contribution is -0.118. The van der Waals surface area contributed by atoms with E-state index in [1.165, 1.54) is 17.3 Å². The molecule has 25 heavy (non-hydrogen) atoms. The molecular formula is C19H20Cl2N2OS. The second-order valence-electron chi connectivity index (χ2n) is 5.56. The molecule has 0 radical (unpaired) electrons. The van der Waals surface area contributed by atoms with Gasteiger partial charge in [-0.3, -0.25) is 4.79 Å². The molecule has 2 aromatic carbocycles. The summed E-state index contributed by atoms with van der Waals surface area (Å²) in [7, 11) is 0. The normalized spacial score (nSPS) is 11.4. The van der Waals surface area contributed by atoms with Gasteiger partial charge in [0.05, 0.1) is 5.75 Å². The summed E-state index contributed by atoms with van der Waals surface area (Å²) in [5, 5.41) is 5.39.